The lowest BCUT2D eigenvalue weighted by Crippen LogP contribution is -2.48. The van der Waals surface area contributed by atoms with Crippen molar-refractivity contribution in [3.63, 3.8) is 0 Å². The molecule has 2 aromatic carbocycles. The number of hydrogen-bond acceptors (Lipinski definition) is 6. The number of nitrogens with zero attached hydrogens (tertiary/aromatic N) is 5. The summed E-state index contributed by atoms with van der Waals surface area (Å²) in [5.74, 6) is 1.27. The van der Waals surface area contributed by atoms with Crippen molar-refractivity contribution in [2.45, 2.75) is 19.8 Å². The van der Waals surface area contributed by atoms with Crippen LogP contribution in [0.5, 0.6) is 0 Å². The number of piperazine rings is 1. The molecule has 0 unspecified atom stereocenters. The Kier molecular flexibility index (Phi) is 6.39. The molecule has 158 valence electrons. The summed E-state index contributed by atoms with van der Waals surface area (Å²) in [7, 11) is 0. The SMILES string of the molecule is Cc1ccc(-c2noc(CCCN3CCN(C(=O)c4cccc(C#N)c4)CC3)n2)cc1. The third-order valence-corrected chi connectivity index (χ3v) is 5.54. The molecule has 4 rings (SSSR count). The van der Waals surface area contributed by atoms with Crippen LogP contribution in [0.3, 0.4) is 0 Å². The zero-order valence-electron chi connectivity index (χ0n) is 17.6. The van der Waals surface area contributed by atoms with E-state index in [2.05, 4.69) is 21.1 Å². The van der Waals surface area contributed by atoms with Gasteiger partial charge >= 0.3 is 0 Å². The Morgan fingerprint density at radius 2 is 1.90 bits per heavy atom. The molecule has 0 radical (unpaired) electrons. The van der Waals surface area contributed by atoms with Crippen molar-refractivity contribution < 1.29 is 9.32 Å². The molecule has 7 heteroatoms. The van der Waals surface area contributed by atoms with Crippen LogP contribution in [0.2, 0.25) is 0 Å². The number of carbonyl (C=O) groups excluding carboxylic acids is 1. The molecule has 0 spiro atoms. The van der Waals surface area contributed by atoms with E-state index in [1.54, 1.807) is 24.3 Å². The van der Waals surface area contributed by atoms with Gasteiger partial charge in [-0.25, -0.2) is 0 Å². The number of benzene rings is 2. The summed E-state index contributed by atoms with van der Waals surface area (Å²) in [5, 5.41) is 13.1. The molecular weight excluding hydrogens is 390 g/mol. The largest absolute Gasteiger partial charge is 0.339 e. The first kappa shape index (κ1) is 20.8. The second-order valence-electron chi connectivity index (χ2n) is 7.81. The van der Waals surface area contributed by atoms with Crippen molar-refractivity contribution >= 4 is 5.91 Å². The average molecular weight is 415 g/mol. The first-order chi connectivity index (χ1) is 15.1. The number of aryl methyl sites for hydroxylation is 2. The summed E-state index contributed by atoms with van der Waals surface area (Å²) in [6.07, 6.45) is 1.66. The molecule has 1 fully saturated rings. The highest BCUT2D eigenvalue weighted by atomic mass is 16.5. The standard InChI is InChI=1S/C24H25N5O2/c1-18-7-9-20(10-8-18)23-26-22(31-27-23)6-3-11-28-12-14-29(15-13-28)24(30)21-5-2-4-19(16-21)17-25/h2,4-5,7-10,16H,3,6,11-15H2,1H3. The lowest BCUT2D eigenvalue weighted by atomic mass is 10.1. The molecule has 0 atom stereocenters. The minimum absolute atomic E-state index is 0.00811. The zero-order chi connectivity index (χ0) is 21.6. The Morgan fingerprint density at radius 1 is 1.13 bits per heavy atom. The van der Waals surface area contributed by atoms with Crippen LogP contribution in [0.4, 0.5) is 0 Å². The van der Waals surface area contributed by atoms with Crippen molar-refractivity contribution in [2.75, 3.05) is 32.7 Å². The van der Waals surface area contributed by atoms with Gasteiger partial charge in [-0.1, -0.05) is 41.1 Å². The van der Waals surface area contributed by atoms with Crippen LogP contribution in [0.1, 0.15) is 33.8 Å². The topological polar surface area (TPSA) is 86.3 Å². The summed E-state index contributed by atoms with van der Waals surface area (Å²) in [5.41, 5.74) is 3.25. The number of hydrogen-bond donors (Lipinski definition) is 0. The van der Waals surface area contributed by atoms with Crippen LogP contribution in [-0.4, -0.2) is 58.6 Å². The van der Waals surface area contributed by atoms with Gasteiger partial charge in [0.1, 0.15) is 0 Å². The fourth-order valence-corrected chi connectivity index (χ4v) is 3.71. The van der Waals surface area contributed by atoms with Gasteiger partial charge in [-0.05, 0) is 38.1 Å². The quantitative estimate of drug-likeness (QED) is 0.614. The van der Waals surface area contributed by atoms with E-state index >= 15 is 0 Å². The van der Waals surface area contributed by atoms with Crippen molar-refractivity contribution in [1.29, 1.82) is 5.26 Å². The van der Waals surface area contributed by atoms with E-state index in [-0.39, 0.29) is 5.91 Å². The lowest BCUT2D eigenvalue weighted by Gasteiger charge is -2.34. The van der Waals surface area contributed by atoms with Gasteiger partial charge in [-0.15, -0.1) is 0 Å². The van der Waals surface area contributed by atoms with Crippen LogP contribution < -0.4 is 0 Å². The minimum atomic E-state index is -0.00811. The molecular formula is C24H25N5O2. The average Bonchev–Trinajstić information content (AvgIpc) is 3.28. The molecule has 0 saturated carbocycles. The van der Waals surface area contributed by atoms with Gasteiger partial charge in [-0.2, -0.15) is 10.2 Å². The second-order valence-corrected chi connectivity index (χ2v) is 7.81. The second kappa shape index (κ2) is 9.54. The molecule has 0 aliphatic carbocycles. The highest BCUT2D eigenvalue weighted by Crippen LogP contribution is 2.17. The highest BCUT2D eigenvalue weighted by molar-refractivity contribution is 5.94. The van der Waals surface area contributed by atoms with Crippen LogP contribution in [0, 0.1) is 18.3 Å². The number of aromatic nitrogens is 2. The van der Waals surface area contributed by atoms with Crippen molar-refractivity contribution in [1.82, 2.24) is 19.9 Å². The van der Waals surface area contributed by atoms with Gasteiger partial charge in [0.2, 0.25) is 11.7 Å². The van der Waals surface area contributed by atoms with Gasteiger partial charge in [0.05, 0.1) is 11.6 Å². The first-order valence-electron chi connectivity index (χ1n) is 10.5. The van der Waals surface area contributed by atoms with Crippen molar-refractivity contribution in [3.8, 4) is 17.5 Å². The Hall–Kier alpha value is -3.50. The molecule has 1 saturated heterocycles. The van der Waals surface area contributed by atoms with E-state index in [9.17, 15) is 4.79 Å². The highest BCUT2D eigenvalue weighted by Gasteiger charge is 2.22. The van der Waals surface area contributed by atoms with E-state index in [1.165, 1.54) is 5.56 Å². The van der Waals surface area contributed by atoms with Crippen LogP contribution in [0.15, 0.2) is 53.1 Å². The van der Waals surface area contributed by atoms with E-state index in [0.29, 0.717) is 35.9 Å². The Balaban J connectivity index is 1.22. The predicted octanol–water partition coefficient (Wildman–Crippen LogP) is 3.31. The van der Waals surface area contributed by atoms with E-state index in [1.807, 2.05) is 36.1 Å². The molecule has 1 aromatic heterocycles. The summed E-state index contributed by atoms with van der Waals surface area (Å²) in [6, 6.07) is 17.1. The molecule has 0 N–H and O–H groups in total. The van der Waals surface area contributed by atoms with Gasteiger partial charge in [0, 0.05) is 43.7 Å². The fourth-order valence-electron chi connectivity index (χ4n) is 3.71. The monoisotopic (exact) mass is 415 g/mol. The Labute approximate surface area is 181 Å². The number of carbonyl (C=O) groups is 1. The van der Waals surface area contributed by atoms with E-state index in [0.717, 1.165) is 38.0 Å². The maximum atomic E-state index is 12.7. The molecule has 0 bridgehead atoms. The molecule has 3 aromatic rings. The molecule has 1 amide bonds. The number of rotatable bonds is 6. The minimum Gasteiger partial charge on any atom is -0.339 e. The summed E-state index contributed by atoms with van der Waals surface area (Å²) >= 11 is 0. The normalized spacial score (nSPS) is 14.4. The summed E-state index contributed by atoms with van der Waals surface area (Å²) in [4.78, 5) is 21.4. The third kappa shape index (κ3) is 5.16. The Morgan fingerprint density at radius 3 is 2.65 bits per heavy atom. The molecule has 2 heterocycles. The molecule has 1 aliphatic heterocycles. The van der Waals surface area contributed by atoms with Crippen molar-refractivity contribution in [2.24, 2.45) is 0 Å². The maximum Gasteiger partial charge on any atom is 0.253 e. The van der Waals surface area contributed by atoms with E-state index in [4.69, 9.17) is 9.78 Å². The number of nitriles is 1. The number of amides is 1. The predicted molar refractivity (Wildman–Crippen MR) is 116 cm³/mol. The Bertz CT molecular complexity index is 1080. The van der Waals surface area contributed by atoms with Gasteiger partial charge in [0.25, 0.3) is 5.91 Å². The van der Waals surface area contributed by atoms with Gasteiger partial charge in [0.15, 0.2) is 0 Å². The third-order valence-electron chi connectivity index (χ3n) is 5.54. The fraction of sp³-hybridized carbons (Fsp3) is 0.333. The zero-order valence-corrected chi connectivity index (χ0v) is 17.6. The summed E-state index contributed by atoms with van der Waals surface area (Å²) in [6.45, 7) is 6.02. The van der Waals surface area contributed by atoms with Crippen LogP contribution in [0.25, 0.3) is 11.4 Å². The lowest BCUT2D eigenvalue weighted by molar-refractivity contribution is 0.0635. The van der Waals surface area contributed by atoms with Gasteiger partial charge in [-0.3, -0.25) is 9.69 Å². The van der Waals surface area contributed by atoms with Crippen LogP contribution in [-0.2, 0) is 6.42 Å². The molecule has 7 nitrogen and oxygen atoms in total. The maximum absolute atomic E-state index is 12.7. The summed E-state index contributed by atoms with van der Waals surface area (Å²) < 4.78 is 5.40. The first-order valence-corrected chi connectivity index (χ1v) is 10.5. The van der Waals surface area contributed by atoms with Crippen molar-refractivity contribution in [3.05, 3.63) is 71.1 Å². The molecule has 1 aliphatic rings. The van der Waals surface area contributed by atoms with Crippen LogP contribution >= 0.6 is 0 Å². The smallest absolute Gasteiger partial charge is 0.253 e. The van der Waals surface area contributed by atoms with E-state index < -0.39 is 0 Å². The molecule has 31 heavy (non-hydrogen) atoms. The van der Waals surface area contributed by atoms with Gasteiger partial charge < -0.3 is 9.42 Å².